The van der Waals surface area contributed by atoms with Gasteiger partial charge in [-0.15, -0.1) is 0 Å². The number of rotatable bonds is 3. The van der Waals surface area contributed by atoms with Crippen molar-refractivity contribution >= 4 is 21.8 Å². The Labute approximate surface area is 109 Å². The van der Waals surface area contributed by atoms with Crippen molar-refractivity contribution in [3.63, 3.8) is 0 Å². The molecular weight excluding hydrogens is 286 g/mol. The molecule has 1 fully saturated rings. The van der Waals surface area contributed by atoms with E-state index in [0.29, 0.717) is 22.1 Å². The summed E-state index contributed by atoms with van der Waals surface area (Å²) in [5, 5.41) is 7.16. The predicted molar refractivity (Wildman–Crippen MR) is 67.2 cm³/mol. The maximum absolute atomic E-state index is 12.0. The van der Waals surface area contributed by atoms with Gasteiger partial charge in [-0.3, -0.25) is 4.79 Å². The third-order valence-electron chi connectivity index (χ3n) is 3.04. The van der Waals surface area contributed by atoms with Crippen LogP contribution < -0.4 is 10.1 Å². The summed E-state index contributed by atoms with van der Waals surface area (Å²) in [5.41, 5.74) is 0.385. The first-order valence-corrected chi connectivity index (χ1v) is 6.50. The van der Waals surface area contributed by atoms with Crippen LogP contribution in [0.25, 0.3) is 0 Å². The first-order chi connectivity index (χ1) is 8.13. The van der Waals surface area contributed by atoms with Crippen LogP contribution in [0.3, 0.4) is 0 Å². The van der Waals surface area contributed by atoms with E-state index >= 15 is 0 Å². The molecule has 0 atom stereocenters. The molecule has 0 aliphatic heterocycles. The Morgan fingerprint density at radius 3 is 2.71 bits per heavy atom. The third-order valence-corrected chi connectivity index (χ3v) is 3.75. The second kappa shape index (κ2) is 5.08. The largest absolute Gasteiger partial charge is 0.480 e. The molecule has 1 aliphatic rings. The number of amides is 1. The average Bonchev–Trinajstić information content (AvgIpc) is 2.87. The van der Waals surface area contributed by atoms with E-state index in [9.17, 15) is 4.79 Å². The first-order valence-electron chi connectivity index (χ1n) is 5.71. The van der Waals surface area contributed by atoms with Gasteiger partial charge in [0, 0.05) is 13.1 Å². The zero-order chi connectivity index (χ0) is 12.4. The Bertz CT molecular complexity index is 425. The molecule has 17 heavy (non-hydrogen) atoms. The Balaban J connectivity index is 2.13. The van der Waals surface area contributed by atoms with Crippen molar-refractivity contribution in [1.29, 1.82) is 0 Å². The van der Waals surface area contributed by atoms with Gasteiger partial charge in [-0.25, -0.2) is 4.68 Å². The van der Waals surface area contributed by atoms with Gasteiger partial charge >= 0.3 is 0 Å². The van der Waals surface area contributed by atoms with Crippen LogP contribution in [0.15, 0.2) is 4.47 Å². The van der Waals surface area contributed by atoms with Crippen LogP contribution in [0.5, 0.6) is 5.88 Å². The Morgan fingerprint density at radius 1 is 1.53 bits per heavy atom. The van der Waals surface area contributed by atoms with Crippen LogP contribution in [-0.2, 0) is 7.05 Å². The van der Waals surface area contributed by atoms with E-state index in [1.807, 2.05) is 0 Å². The van der Waals surface area contributed by atoms with Crippen LogP contribution >= 0.6 is 15.9 Å². The third kappa shape index (κ3) is 2.46. The topological polar surface area (TPSA) is 56.1 Å². The minimum absolute atomic E-state index is 0.136. The van der Waals surface area contributed by atoms with Gasteiger partial charge in [0.1, 0.15) is 4.47 Å². The van der Waals surface area contributed by atoms with E-state index in [1.54, 1.807) is 18.8 Å². The molecule has 0 unspecified atom stereocenters. The van der Waals surface area contributed by atoms with Gasteiger partial charge in [-0.1, -0.05) is 12.8 Å². The summed E-state index contributed by atoms with van der Waals surface area (Å²) in [6, 6.07) is 0.294. The van der Waals surface area contributed by atoms with E-state index in [-0.39, 0.29) is 5.91 Å². The van der Waals surface area contributed by atoms with Crippen molar-refractivity contribution in [2.24, 2.45) is 7.05 Å². The van der Waals surface area contributed by atoms with E-state index < -0.39 is 0 Å². The summed E-state index contributed by atoms with van der Waals surface area (Å²) in [5.74, 6) is 0.421. The average molecular weight is 302 g/mol. The zero-order valence-electron chi connectivity index (χ0n) is 9.99. The van der Waals surface area contributed by atoms with Gasteiger partial charge in [-0.2, -0.15) is 5.10 Å². The fraction of sp³-hybridized carbons (Fsp3) is 0.636. The Hall–Kier alpha value is -1.04. The summed E-state index contributed by atoms with van der Waals surface area (Å²) < 4.78 is 7.31. The molecule has 2 rings (SSSR count). The van der Waals surface area contributed by atoms with Crippen LogP contribution in [-0.4, -0.2) is 28.8 Å². The highest BCUT2D eigenvalue weighted by Crippen LogP contribution is 2.28. The highest BCUT2D eigenvalue weighted by atomic mass is 79.9. The quantitative estimate of drug-likeness (QED) is 0.927. The van der Waals surface area contributed by atoms with E-state index in [4.69, 9.17) is 4.74 Å². The van der Waals surface area contributed by atoms with Gasteiger partial charge in [0.25, 0.3) is 5.91 Å². The van der Waals surface area contributed by atoms with E-state index in [2.05, 4.69) is 26.3 Å². The number of aryl methyl sites for hydroxylation is 1. The molecule has 0 saturated heterocycles. The Morgan fingerprint density at radius 2 is 2.18 bits per heavy atom. The molecule has 1 heterocycles. The standard InChI is InChI=1S/C11H16BrN3O2/c1-15-11(17-2)8(12)9(14-15)10(16)13-7-5-3-4-6-7/h7H,3-6H2,1-2H3,(H,13,16). The molecule has 0 radical (unpaired) electrons. The summed E-state index contributed by atoms with van der Waals surface area (Å²) in [7, 11) is 3.30. The fourth-order valence-corrected chi connectivity index (χ4v) is 2.85. The lowest BCUT2D eigenvalue weighted by molar-refractivity contribution is 0.0931. The summed E-state index contributed by atoms with van der Waals surface area (Å²) in [4.78, 5) is 12.0. The zero-order valence-corrected chi connectivity index (χ0v) is 11.6. The molecule has 1 aromatic rings. The van der Waals surface area contributed by atoms with E-state index in [0.717, 1.165) is 12.8 Å². The SMILES string of the molecule is COc1c(Br)c(C(=O)NC2CCCC2)nn1C. The maximum atomic E-state index is 12.0. The lowest BCUT2D eigenvalue weighted by Gasteiger charge is -2.10. The van der Waals surface area contributed by atoms with Crippen LogP contribution in [0, 0.1) is 0 Å². The number of halogens is 1. The minimum atomic E-state index is -0.136. The lowest BCUT2D eigenvalue weighted by Crippen LogP contribution is -2.33. The molecular formula is C11H16BrN3O2. The summed E-state index contributed by atoms with van der Waals surface area (Å²) in [6.07, 6.45) is 4.51. The van der Waals surface area contributed by atoms with Crippen LogP contribution in [0.2, 0.25) is 0 Å². The van der Waals surface area contributed by atoms with Gasteiger partial charge in [0.2, 0.25) is 5.88 Å². The molecule has 0 aromatic carbocycles. The van der Waals surface area contributed by atoms with E-state index in [1.165, 1.54) is 12.8 Å². The second-order valence-electron chi connectivity index (χ2n) is 4.25. The summed E-state index contributed by atoms with van der Waals surface area (Å²) >= 11 is 3.34. The van der Waals surface area contributed by atoms with Gasteiger partial charge in [0.05, 0.1) is 7.11 Å². The smallest absolute Gasteiger partial charge is 0.273 e. The molecule has 6 heteroatoms. The highest BCUT2D eigenvalue weighted by Gasteiger charge is 2.24. The molecule has 1 N–H and O–H groups in total. The molecule has 5 nitrogen and oxygen atoms in total. The van der Waals surface area contributed by atoms with Crippen LogP contribution in [0.1, 0.15) is 36.2 Å². The molecule has 1 amide bonds. The summed E-state index contributed by atoms with van der Waals surface area (Å²) in [6.45, 7) is 0. The molecule has 94 valence electrons. The van der Waals surface area contributed by atoms with Crippen molar-refractivity contribution in [3.8, 4) is 5.88 Å². The lowest BCUT2D eigenvalue weighted by atomic mass is 10.2. The number of aromatic nitrogens is 2. The number of nitrogens with zero attached hydrogens (tertiary/aromatic N) is 2. The molecule has 1 saturated carbocycles. The molecule has 1 aliphatic carbocycles. The van der Waals surface area contributed by atoms with Crippen LogP contribution in [0.4, 0.5) is 0 Å². The van der Waals surface area contributed by atoms with Crippen molar-refractivity contribution in [2.45, 2.75) is 31.7 Å². The Kier molecular flexibility index (Phi) is 3.71. The molecule has 0 bridgehead atoms. The van der Waals surface area contributed by atoms with Gasteiger partial charge < -0.3 is 10.1 Å². The second-order valence-corrected chi connectivity index (χ2v) is 5.04. The molecule has 1 aromatic heterocycles. The number of hydrogen-bond acceptors (Lipinski definition) is 3. The number of ether oxygens (including phenoxy) is 1. The number of methoxy groups -OCH3 is 1. The van der Waals surface area contributed by atoms with Crippen molar-refractivity contribution in [1.82, 2.24) is 15.1 Å². The number of hydrogen-bond donors (Lipinski definition) is 1. The maximum Gasteiger partial charge on any atom is 0.273 e. The highest BCUT2D eigenvalue weighted by molar-refractivity contribution is 9.10. The van der Waals surface area contributed by atoms with Crippen molar-refractivity contribution in [2.75, 3.05) is 7.11 Å². The normalized spacial score (nSPS) is 16.2. The number of nitrogens with one attached hydrogen (secondary N) is 1. The minimum Gasteiger partial charge on any atom is -0.480 e. The van der Waals surface area contributed by atoms with Gasteiger partial charge in [0.15, 0.2) is 5.69 Å². The van der Waals surface area contributed by atoms with Crippen molar-refractivity contribution < 1.29 is 9.53 Å². The fourth-order valence-electron chi connectivity index (χ4n) is 2.17. The number of carbonyl (C=O) groups excluding carboxylic acids is 1. The van der Waals surface area contributed by atoms with Gasteiger partial charge in [-0.05, 0) is 28.8 Å². The predicted octanol–water partition coefficient (Wildman–Crippen LogP) is 1.86. The monoisotopic (exact) mass is 301 g/mol. The first kappa shape index (κ1) is 12.4. The molecule has 0 spiro atoms. The number of carbonyl (C=O) groups is 1. The van der Waals surface area contributed by atoms with Crippen molar-refractivity contribution in [3.05, 3.63) is 10.2 Å².